The van der Waals surface area contributed by atoms with E-state index in [4.69, 9.17) is 5.73 Å². The molecule has 1 heterocycles. The Morgan fingerprint density at radius 1 is 1.32 bits per heavy atom. The summed E-state index contributed by atoms with van der Waals surface area (Å²) in [4.78, 5) is 4.12. The number of alkyl halides is 3. The fourth-order valence-corrected chi connectivity index (χ4v) is 2.30. The Balaban J connectivity index is 2.41. The average Bonchev–Trinajstić information content (AvgIpc) is 2.74. The molecule has 2 rings (SSSR count). The van der Waals surface area contributed by atoms with Crippen molar-refractivity contribution >= 4 is 11.3 Å². The highest BCUT2D eigenvalue weighted by Gasteiger charge is 2.34. The number of halogens is 4. The van der Waals surface area contributed by atoms with Crippen molar-refractivity contribution in [3.63, 3.8) is 0 Å². The van der Waals surface area contributed by atoms with Crippen LogP contribution in [0.3, 0.4) is 0 Å². The van der Waals surface area contributed by atoms with Gasteiger partial charge in [0.25, 0.3) is 0 Å². The molecule has 19 heavy (non-hydrogen) atoms. The number of hydrogen-bond acceptors (Lipinski definition) is 3. The summed E-state index contributed by atoms with van der Waals surface area (Å²) in [6, 6.07) is 1.95. The van der Waals surface area contributed by atoms with Gasteiger partial charge >= 0.3 is 6.18 Å². The van der Waals surface area contributed by atoms with Crippen LogP contribution < -0.4 is 5.73 Å². The van der Waals surface area contributed by atoms with Gasteiger partial charge in [0.1, 0.15) is 5.82 Å². The van der Waals surface area contributed by atoms with E-state index in [0.717, 1.165) is 17.1 Å². The number of thiazole rings is 1. The summed E-state index contributed by atoms with van der Waals surface area (Å²) in [6.07, 6.45) is -4.74. The van der Waals surface area contributed by atoms with Gasteiger partial charge in [-0.15, -0.1) is 11.3 Å². The molecular formula is C12H10F4N2S. The lowest BCUT2D eigenvalue weighted by Crippen LogP contribution is -2.15. The van der Waals surface area contributed by atoms with Crippen LogP contribution in [0.4, 0.5) is 17.6 Å². The number of hydrogen-bond donors (Lipinski definition) is 1. The predicted octanol–water partition coefficient (Wildman–Crippen LogP) is 3.66. The van der Waals surface area contributed by atoms with Gasteiger partial charge in [-0.3, -0.25) is 0 Å². The average molecular weight is 290 g/mol. The zero-order chi connectivity index (χ0) is 14.2. The molecule has 2 aromatic rings. The Labute approximate surface area is 110 Å². The number of benzene rings is 1. The third kappa shape index (κ3) is 2.93. The Kier molecular flexibility index (Phi) is 3.60. The molecule has 0 aliphatic carbocycles. The quantitative estimate of drug-likeness (QED) is 0.857. The van der Waals surface area contributed by atoms with Crippen LogP contribution >= 0.6 is 11.3 Å². The SMILES string of the molecule is Cc1nc(C(N)c2ccc(F)c(C(F)(F)F)c2)cs1. The molecule has 0 bridgehead atoms. The number of nitrogens with two attached hydrogens (primary N) is 1. The highest BCUT2D eigenvalue weighted by Crippen LogP contribution is 2.33. The highest BCUT2D eigenvalue weighted by molar-refractivity contribution is 7.09. The van der Waals surface area contributed by atoms with E-state index in [1.807, 2.05) is 0 Å². The van der Waals surface area contributed by atoms with E-state index in [1.54, 1.807) is 12.3 Å². The number of nitrogens with zero attached hydrogens (tertiary/aromatic N) is 1. The first-order chi connectivity index (χ1) is 8.79. The molecule has 1 aromatic carbocycles. The maximum absolute atomic E-state index is 13.2. The van der Waals surface area contributed by atoms with Gasteiger partial charge in [0.2, 0.25) is 0 Å². The molecule has 1 unspecified atom stereocenters. The molecule has 0 saturated heterocycles. The second-order valence-electron chi connectivity index (χ2n) is 4.01. The van der Waals surface area contributed by atoms with Gasteiger partial charge in [0, 0.05) is 5.38 Å². The normalized spacial score (nSPS) is 13.6. The molecule has 0 aliphatic heterocycles. The third-order valence-electron chi connectivity index (χ3n) is 2.61. The van der Waals surface area contributed by atoms with Gasteiger partial charge in [-0.1, -0.05) is 6.07 Å². The van der Waals surface area contributed by atoms with Gasteiger partial charge < -0.3 is 5.73 Å². The first-order valence-electron chi connectivity index (χ1n) is 5.33. The van der Waals surface area contributed by atoms with Crippen molar-refractivity contribution in [2.24, 2.45) is 5.73 Å². The minimum Gasteiger partial charge on any atom is -0.319 e. The lowest BCUT2D eigenvalue weighted by molar-refractivity contribution is -0.140. The van der Waals surface area contributed by atoms with Crippen molar-refractivity contribution in [3.8, 4) is 0 Å². The molecule has 2 nitrogen and oxygen atoms in total. The molecule has 1 aromatic heterocycles. The standard InChI is InChI=1S/C12H10F4N2S/c1-6-18-10(5-19-6)11(17)7-2-3-9(13)8(4-7)12(14,15)16/h2-5,11H,17H2,1H3. The minimum atomic E-state index is -4.74. The Hall–Kier alpha value is -1.47. The molecule has 1 atom stereocenters. The summed E-state index contributed by atoms with van der Waals surface area (Å²) in [5, 5.41) is 2.44. The van der Waals surface area contributed by atoms with Crippen LogP contribution in [-0.2, 0) is 6.18 Å². The Morgan fingerprint density at radius 2 is 2.00 bits per heavy atom. The van der Waals surface area contributed by atoms with E-state index in [2.05, 4.69) is 4.98 Å². The molecule has 7 heteroatoms. The van der Waals surface area contributed by atoms with E-state index in [0.29, 0.717) is 5.69 Å². The predicted molar refractivity (Wildman–Crippen MR) is 64.3 cm³/mol. The van der Waals surface area contributed by atoms with Crippen molar-refractivity contribution in [1.29, 1.82) is 0 Å². The van der Waals surface area contributed by atoms with Crippen LogP contribution in [0.5, 0.6) is 0 Å². The topological polar surface area (TPSA) is 38.9 Å². The Bertz CT molecular complexity index is 592. The maximum atomic E-state index is 13.2. The van der Waals surface area contributed by atoms with Crippen molar-refractivity contribution in [1.82, 2.24) is 4.98 Å². The Morgan fingerprint density at radius 3 is 2.53 bits per heavy atom. The highest BCUT2D eigenvalue weighted by atomic mass is 32.1. The van der Waals surface area contributed by atoms with E-state index in [1.165, 1.54) is 17.4 Å². The van der Waals surface area contributed by atoms with E-state index in [9.17, 15) is 17.6 Å². The third-order valence-corrected chi connectivity index (χ3v) is 3.40. The van der Waals surface area contributed by atoms with Gasteiger partial charge in [-0.2, -0.15) is 13.2 Å². The zero-order valence-electron chi connectivity index (χ0n) is 9.83. The second kappa shape index (κ2) is 4.90. The van der Waals surface area contributed by atoms with E-state index in [-0.39, 0.29) is 5.56 Å². The van der Waals surface area contributed by atoms with Crippen molar-refractivity contribution < 1.29 is 17.6 Å². The van der Waals surface area contributed by atoms with Crippen LogP contribution in [0.2, 0.25) is 0 Å². The van der Waals surface area contributed by atoms with Crippen LogP contribution in [0.15, 0.2) is 23.6 Å². The fraction of sp³-hybridized carbons (Fsp3) is 0.250. The summed E-state index contributed by atoms with van der Waals surface area (Å²) in [6.45, 7) is 1.77. The maximum Gasteiger partial charge on any atom is 0.419 e. The number of aromatic nitrogens is 1. The molecule has 0 amide bonds. The van der Waals surface area contributed by atoms with Gasteiger partial charge in [-0.25, -0.2) is 9.37 Å². The molecule has 102 valence electrons. The van der Waals surface area contributed by atoms with Gasteiger partial charge in [0.15, 0.2) is 0 Å². The summed E-state index contributed by atoms with van der Waals surface area (Å²) < 4.78 is 51.0. The summed E-state index contributed by atoms with van der Waals surface area (Å²) in [5.74, 6) is -1.31. The lowest BCUT2D eigenvalue weighted by Gasteiger charge is -2.13. The van der Waals surface area contributed by atoms with Crippen molar-refractivity contribution in [3.05, 3.63) is 51.2 Å². The van der Waals surface area contributed by atoms with Crippen LogP contribution in [0, 0.1) is 12.7 Å². The first-order valence-corrected chi connectivity index (χ1v) is 6.21. The van der Waals surface area contributed by atoms with Crippen molar-refractivity contribution in [2.75, 3.05) is 0 Å². The molecule has 0 radical (unpaired) electrons. The first kappa shape index (κ1) is 14.0. The summed E-state index contributed by atoms with van der Waals surface area (Å²) >= 11 is 1.35. The van der Waals surface area contributed by atoms with Crippen LogP contribution in [-0.4, -0.2) is 4.98 Å². The summed E-state index contributed by atoms with van der Waals surface area (Å²) in [5.41, 5.74) is 5.19. The van der Waals surface area contributed by atoms with Gasteiger partial charge in [0.05, 0.1) is 22.3 Å². The van der Waals surface area contributed by atoms with Crippen molar-refractivity contribution in [2.45, 2.75) is 19.1 Å². The van der Waals surface area contributed by atoms with Gasteiger partial charge in [-0.05, 0) is 24.6 Å². The van der Waals surface area contributed by atoms with E-state index < -0.39 is 23.6 Å². The van der Waals surface area contributed by atoms with E-state index >= 15 is 0 Å². The molecular weight excluding hydrogens is 280 g/mol. The smallest absolute Gasteiger partial charge is 0.319 e. The lowest BCUT2D eigenvalue weighted by atomic mass is 10.0. The number of rotatable bonds is 2. The summed E-state index contributed by atoms with van der Waals surface area (Å²) in [7, 11) is 0. The largest absolute Gasteiger partial charge is 0.419 e. The second-order valence-corrected chi connectivity index (χ2v) is 5.07. The zero-order valence-corrected chi connectivity index (χ0v) is 10.6. The molecule has 2 N–H and O–H groups in total. The fourth-order valence-electron chi connectivity index (χ4n) is 1.65. The minimum absolute atomic E-state index is 0.180. The molecule has 0 aliphatic rings. The van der Waals surface area contributed by atoms with Crippen LogP contribution in [0.1, 0.15) is 27.9 Å². The molecule has 0 fully saturated rings. The molecule has 0 spiro atoms. The molecule has 0 saturated carbocycles. The monoisotopic (exact) mass is 290 g/mol. The van der Waals surface area contributed by atoms with Crippen LogP contribution in [0.25, 0.3) is 0 Å². The number of aryl methyl sites for hydroxylation is 1.